The lowest BCUT2D eigenvalue weighted by molar-refractivity contribution is -0.387. The fourth-order valence-electron chi connectivity index (χ4n) is 1.86. The van der Waals surface area contributed by atoms with Crippen LogP contribution in [-0.4, -0.2) is 34.9 Å². The highest BCUT2D eigenvalue weighted by Crippen LogP contribution is 2.34. The topological polar surface area (TPSA) is 102 Å². The zero-order chi connectivity index (χ0) is 18.7. The van der Waals surface area contributed by atoms with Gasteiger partial charge in [-0.05, 0) is 19.8 Å². The Morgan fingerprint density at radius 1 is 1.52 bits per heavy atom. The van der Waals surface area contributed by atoms with E-state index in [0.717, 1.165) is 19.1 Å². The van der Waals surface area contributed by atoms with Crippen LogP contribution in [0, 0.1) is 21.7 Å². The highest BCUT2D eigenvalue weighted by molar-refractivity contribution is 6.31. The maximum atomic E-state index is 14.2. The number of carbonyl (C=O) groups is 1. The van der Waals surface area contributed by atoms with Crippen molar-refractivity contribution in [2.75, 3.05) is 6.61 Å². The molecular weight excluding hydrogens is 362 g/mol. The van der Waals surface area contributed by atoms with Gasteiger partial charge in [-0.3, -0.25) is 15.1 Å². The van der Waals surface area contributed by atoms with E-state index in [2.05, 4.69) is 4.99 Å². The van der Waals surface area contributed by atoms with E-state index in [9.17, 15) is 28.8 Å². The van der Waals surface area contributed by atoms with Crippen molar-refractivity contribution >= 4 is 35.2 Å². The number of hydrogen-bond donors (Lipinski definition) is 1. The highest BCUT2D eigenvalue weighted by Gasteiger charge is 2.29. The summed E-state index contributed by atoms with van der Waals surface area (Å²) in [5.41, 5.74) is -2.46. The van der Waals surface area contributed by atoms with Crippen LogP contribution in [0.4, 0.5) is 14.5 Å². The van der Waals surface area contributed by atoms with Gasteiger partial charge in [0.1, 0.15) is 16.4 Å². The molecule has 1 aromatic carbocycles. The number of ether oxygens (including phenoxy) is 1. The molecule has 0 heterocycles. The summed E-state index contributed by atoms with van der Waals surface area (Å²) in [6, 6.07) is 0.434. The third kappa shape index (κ3) is 4.11. The predicted molar refractivity (Wildman–Crippen MR) is 85.7 cm³/mol. The first-order valence-electron chi connectivity index (χ1n) is 7.23. The Morgan fingerprint density at radius 3 is 2.68 bits per heavy atom. The smallest absolute Gasteiger partial charge is 0.343 e. The number of aliphatic imine (C=N–C) groups is 1. The lowest BCUT2D eigenvalue weighted by Gasteiger charge is -2.09. The molecular formula is C15H13ClF2N2O5. The molecule has 0 aromatic heterocycles. The lowest BCUT2D eigenvalue weighted by atomic mass is 10.1. The minimum atomic E-state index is -1.58. The van der Waals surface area contributed by atoms with E-state index in [0.29, 0.717) is 6.07 Å². The van der Waals surface area contributed by atoms with E-state index in [1.165, 1.54) is 6.92 Å². The van der Waals surface area contributed by atoms with Crippen molar-refractivity contribution in [3.8, 4) is 0 Å². The zero-order valence-corrected chi connectivity index (χ0v) is 13.7. The van der Waals surface area contributed by atoms with Crippen LogP contribution >= 0.6 is 11.6 Å². The third-order valence-electron chi connectivity index (χ3n) is 3.29. The fraction of sp³-hybridized carbons (Fsp3) is 0.333. The summed E-state index contributed by atoms with van der Waals surface area (Å²) >= 11 is 5.42. The largest absolute Gasteiger partial charge is 0.506 e. The normalized spacial score (nSPS) is 15.2. The van der Waals surface area contributed by atoms with Crippen molar-refractivity contribution in [2.45, 2.75) is 25.8 Å². The number of esters is 1. The van der Waals surface area contributed by atoms with Gasteiger partial charge in [-0.15, -0.1) is 0 Å². The van der Waals surface area contributed by atoms with Crippen LogP contribution in [0.1, 0.15) is 25.3 Å². The molecule has 2 rings (SSSR count). The van der Waals surface area contributed by atoms with Gasteiger partial charge in [0, 0.05) is 12.3 Å². The number of rotatable bonds is 6. The summed E-state index contributed by atoms with van der Waals surface area (Å²) in [4.78, 5) is 25.7. The number of carbonyl (C=O) groups excluding carboxylic acids is 1. The van der Waals surface area contributed by atoms with E-state index in [1.54, 1.807) is 0 Å². The molecule has 1 aliphatic carbocycles. The van der Waals surface area contributed by atoms with Crippen LogP contribution < -0.4 is 0 Å². The Labute approximate surface area is 145 Å². The number of nitrogens with zero attached hydrogens (tertiary/aromatic N) is 2. The van der Waals surface area contributed by atoms with Gasteiger partial charge in [0.05, 0.1) is 23.1 Å². The summed E-state index contributed by atoms with van der Waals surface area (Å²) in [6.45, 7) is 1.49. The van der Waals surface area contributed by atoms with Gasteiger partial charge in [-0.25, -0.2) is 9.18 Å². The molecule has 0 atom stereocenters. The molecule has 1 aromatic rings. The van der Waals surface area contributed by atoms with Crippen molar-refractivity contribution < 1.29 is 28.3 Å². The van der Waals surface area contributed by atoms with Crippen molar-refractivity contribution in [1.29, 1.82) is 0 Å². The van der Waals surface area contributed by atoms with E-state index >= 15 is 0 Å². The predicted octanol–water partition coefficient (Wildman–Crippen LogP) is 3.59. The minimum Gasteiger partial charge on any atom is -0.506 e. The number of aliphatic hydroxyl groups is 1. The summed E-state index contributed by atoms with van der Waals surface area (Å²) < 4.78 is 32.6. The Balaban J connectivity index is 2.62. The molecule has 0 bridgehead atoms. The van der Waals surface area contributed by atoms with Crippen LogP contribution in [0.15, 0.2) is 16.6 Å². The second-order valence-electron chi connectivity index (χ2n) is 5.13. The highest BCUT2D eigenvalue weighted by atomic mass is 35.5. The van der Waals surface area contributed by atoms with Crippen molar-refractivity contribution in [2.24, 2.45) is 4.99 Å². The monoisotopic (exact) mass is 374 g/mol. The molecule has 0 radical (unpaired) electrons. The number of halogens is 3. The van der Waals surface area contributed by atoms with Gasteiger partial charge in [0.25, 0.3) is 0 Å². The van der Waals surface area contributed by atoms with E-state index in [1.807, 2.05) is 0 Å². The van der Waals surface area contributed by atoms with E-state index in [4.69, 9.17) is 16.3 Å². The maximum Gasteiger partial charge on any atom is 0.343 e. The first kappa shape index (κ1) is 18.8. The number of nitro benzene ring substituents is 1. The van der Waals surface area contributed by atoms with Crippen LogP contribution in [-0.2, 0) is 9.53 Å². The maximum absolute atomic E-state index is 14.2. The Hall–Kier alpha value is -2.55. The van der Waals surface area contributed by atoms with Crippen LogP contribution in [0.5, 0.6) is 0 Å². The molecule has 0 aliphatic heterocycles. The van der Waals surface area contributed by atoms with Gasteiger partial charge in [0.2, 0.25) is 5.82 Å². The number of hydrogen-bond acceptors (Lipinski definition) is 6. The first-order valence-corrected chi connectivity index (χ1v) is 7.61. The summed E-state index contributed by atoms with van der Waals surface area (Å²) in [5, 5.41) is 19.9. The van der Waals surface area contributed by atoms with Crippen molar-refractivity contribution in [3.63, 3.8) is 0 Å². The molecule has 1 fully saturated rings. The van der Waals surface area contributed by atoms with Gasteiger partial charge < -0.3 is 9.84 Å². The molecule has 134 valence electrons. The Morgan fingerprint density at radius 2 is 2.16 bits per heavy atom. The van der Waals surface area contributed by atoms with Gasteiger partial charge in [-0.2, -0.15) is 4.39 Å². The third-order valence-corrected chi connectivity index (χ3v) is 3.62. The standard InChI is InChI=1S/C15H13ClF2N2O5/c1-2-25-15(22)9(6-19-7-3-4-7)14(21)8-5-10(20(23)24)13(18)11(16)12(8)17/h5-7,21H,2-4H2,1H3/b14-9-,19-6?. The van der Waals surface area contributed by atoms with Crippen molar-refractivity contribution in [3.05, 3.63) is 44.0 Å². The lowest BCUT2D eigenvalue weighted by Crippen LogP contribution is -2.12. The molecule has 0 spiro atoms. The molecule has 1 saturated carbocycles. The molecule has 7 nitrogen and oxygen atoms in total. The Kier molecular flexibility index (Phi) is 5.68. The second kappa shape index (κ2) is 7.56. The average molecular weight is 375 g/mol. The Bertz CT molecular complexity index is 791. The SMILES string of the molecule is CCOC(=O)/C(C=NC1CC1)=C(\O)c1cc([N+](=O)[O-])c(F)c(Cl)c1F. The molecule has 0 amide bonds. The molecule has 1 aliphatic rings. The minimum absolute atomic E-state index is 0.0202. The van der Waals surface area contributed by atoms with E-state index in [-0.39, 0.29) is 12.6 Å². The van der Waals surface area contributed by atoms with Gasteiger partial charge in [0.15, 0.2) is 5.82 Å². The second-order valence-corrected chi connectivity index (χ2v) is 5.51. The van der Waals surface area contributed by atoms with Crippen LogP contribution in [0.25, 0.3) is 5.76 Å². The quantitative estimate of drug-likeness (QED) is 0.156. The zero-order valence-electron chi connectivity index (χ0n) is 13.0. The molecule has 0 unspecified atom stereocenters. The molecule has 10 heteroatoms. The number of nitro groups is 1. The average Bonchev–Trinajstić information content (AvgIpc) is 3.37. The first-order chi connectivity index (χ1) is 11.8. The molecule has 25 heavy (non-hydrogen) atoms. The van der Waals surface area contributed by atoms with Crippen LogP contribution in [0.3, 0.4) is 0 Å². The van der Waals surface area contributed by atoms with E-state index < -0.39 is 50.1 Å². The molecule has 0 saturated heterocycles. The summed E-state index contributed by atoms with van der Waals surface area (Å²) in [6.07, 6.45) is 2.61. The summed E-state index contributed by atoms with van der Waals surface area (Å²) in [7, 11) is 0. The van der Waals surface area contributed by atoms with Gasteiger partial charge in [-0.1, -0.05) is 11.6 Å². The van der Waals surface area contributed by atoms with Gasteiger partial charge >= 0.3 is 11.7 Å². The fourth-order valence-corrected chi connectivity index (χ4v) is 2.06. The number of benzene rings is 1. The van der Waals surface area contributed by atoms with Crippen molar-refractivity contribution in [1.82, 2.24) is 0 Å². The number of aliphatic hydroxyl groups excluding tert-OH is 1. The van der Waals surface area contributed by atoms with Crippen LogP contribution in [0.2, 0.25) is 5.02 Å². The molecule has 1 N–H and O–H groups in total. The summed E-state index contributed by atoms with van der Waals surface area (Å²) in [5.74, 6) is -5.01.